The Morgan fingerprint density at radius 3 is 2.52 bits per heavy atom. The van der Waals surface area contributed by atoms with Gasteiger partial charge in [0.15, 0.2) is 0 Å². The van der Waals surface area contributed by atoms with Crippen LogP contribution in [0.15, 0.2) is 71.7 Å². The number of carbonyl (C=O) groups is 1. The van der Waals surface area contributed by atoms with E-state index in [1.807, 2.05) is 24.3 Å². The zero-order chi connectivity index (χ0) is 22.8. The van der Waals surface area contributed by atoms with Crippen LogP contribution in [0.5, 0.6) is 0 Å². The fraction of sp³-hybridized carbons (Fsp3) is 0.200. The fourth-order valence-corrected chi connectivity index (χ4v) is 4.00. The first-order valence-electron chi connectivity index (χ1n) is 10.8. The van der Waals surface area contributed by atoms with Crippen LogP contribution in [-0.4, -0.2) is 46.7 Å². The lowest BCUT2D eigenvalue weighted by atomic mass is 10.1. The molecule has 5 rings (SSSR count). The number of carbonyl (C=O) groups excluding carboxylic acids is 1. The molecule has 0 spiro atoms. The van der Waals surface area contributed by atoms with Crippen molar-refractivity contribution in [2.75, 3.05) is 36.5 Å². The van der Waals surface area contributed by atoms with Crippen molar-refractivity contribution in [2.45, 2.75) is 0 Å². The van der Waals surface area contributed by atoms with Gasteiger partial charge in [0.05, 0.1) is 29.7 Å². The Labute approximate surface area is 190 Å². The number of aromatic nitrogens is 3. The van der Waals surface area contributed by atoms with Gasteiger partial charge in [-0.1, -0.05) is 12.1 Å². The quantitative estimate of drug-likeness (QED) is 0.524. The van der Waals surface area contributed by atoms with E-state index >= 15 is 0 Å². The molecule has 2 aromatic heterocycles. The van der Waals surface area contributed by atoms with Crippen molar-refractivity contribution in [3.63, 3.8) is 0 Å². The number of nitrogens with one attached hydrogen (secondary N) is 1. The van der Waals surface area contributed by atoms with Crippen molar-refractivity contribution in [3.8, 4) is 11.4 Å². The Hall–Kier alpha value is -4.04. The molecular weight excluding hydrogens is 418 g/mol. The van der Waals surface area contributed by atoms with Gasteiger partial charge in [-0.25, -0.2) is 9.97 Å². The minimum atomic E-state index is -0.367. The molecule has 1 fully saturated rings. The third-order valence-corrected chi connectivity index (χ3v) is 5.76. The number of amides is 1. The number of pyridine rings is 1. The maximum atomic E-state index is 13.1. The summed E-state index contributed by atoms with van der Waals surface area (Å²) in [6.45, 7) is 3.12. The summed E-state index contributed by atoms with van der Waals surface area (Å²) in [5.41, 5.74) is 2.37. The normalized spacial score (nSPS) is 13.8. The number of fused-ring (bicyclic) bond motifs is 1. The van der Waals surface area contributed by atoms with Crippen molar-refractivity contribution in [1.82, 2.24) is 14.5 Å². The standard InChI is InChI=1S/C25H23N5O3/c1-29-23(17-8-10-18(11-9-17)30-13-15-33-16-14-30)28-22-19(5-4-6-20(22)25(29)32)24(31)27-21-7-2-3-12-26-21/h2-12H,13-16H2,1H3,(H,26,27,31). The first-order valence-corrected chi connectivity index (χ1v) is 10.8. The lowest BCUT2D eigenvalue weighted by molar-refractivity contribution is 0.102. The molecule has 8 heteroatoms. The molecule has 0 radical (unpaired) electrons. The van der Waals surface area contributed by atoms with Gasteiger partial charge in [-0.05, 0) is 48.5 Å². The highest BCUT2D eigenvalue weighted by atomic mass is 16.5. The number of nitrogens with zero attached hydrogens (tertiary/aromatic N) is 4. The van der Waals surface area contributed by atoms with Gasteiger partial charge < -0.3 is 15.0 Å². The third-order valence-electron chi connectivity index (χ3n) is 5.76. The molecule has 1 aliphatic rings. The van der Waals surface area contributed by atoms with E-state index in [4.69, 9.17) is 9.72 Å². The monoisotopic (exact) mass is 441 g/mol. The maximum Gasteiger partial charge on any atom is 0.261 e. The number of benzene rings is 2. The SMILES string of the molecule is Cn1c(-c2ccc(N3CCOCC3)cc2)nc2c(C(=O)Nc3ccccn3)cccc2c1=O. The fourth-order valence-electron chi connectivity index (χ4n) is 4.00. The number of morpholine rings is 1. The Morgan fingerprint density at radius 2 is 1.79 bits per heavy atom. The van der Waals surface area contributed by atoms with Crippen LogP contribution >= 0.6 is 0 Å². The number of para-hydroxylation sites is 1. The average molecular weight is 441 g/mol. The van der Waals surface area contributed by atoms with Gasteiger partial charge in [-0.3, -0.25) is 14.2 Å². The predicted molar refractivity (Wildman–Crippen MR) is 128 cm³/mol. The average Bonchev–Trinajstić information content (AvgIpc) is 2.87. The highest BCUT2D eigenvalue weighted by molar-refractivity contribution is 6.11. The highest BCUT2D eigenvalue weighted by Crippen LogP contribution is 2.24. The summed E-state index contributed by atoms with van der Waals surface area (Å²) in [5.74, 6) is 0.565. The Morgan fingerprint density at radius 1 is 1.00 bits per heavy atom. The summed E-state index contributed by atoms with van der Waals surface area (Å²) < 4.78 is 6.95. The molecule has 33 heavy (non-hydrogen) atoms. The molecule has 1 N–H and O–H groups in total. The van der Waals surface area contributed by atoms with E-state index < -0.39 is 0 Å². The summed E-state index contributed by atoms with van der Waals surface area (Å²) in [4.78, 5) is 37.3. The molecule has 1 saturated heterocycles. The summed E-state index contributed by atoms with van der Waals surface area (Å²) in [7, 11) is 1.70. The molecule has 3 heterocycles. The van der Waals surface area contributed by atoms with E-state index in [9.17, 15) is 9.59 Å². The topological polar surface area (TPSA) is 89.3 Å². The van der Waals surface area contributed by atoms with Crippen molar-refractivity contribution >= 4 is 28.3 Å². The van der Waals surface area contributed by atoms with Crippen molar-refractivity contribution in [1.29, 1.82) is 0 Å². The number of anilines is 2. The van der Waals surface area contributed by atoms with Gasteiger partial charge in [-0.15, -0.1) is 0 Å². The molecule has 1 aliphatic heterocycles. The zero-order valence-electron chi connectivity index (χ0n) is 18.2. The first kappa shape index (κ1) is 20.8. The van der Waals surface area contributed by atoms with Crippen LogP contribution in [0.2, 0.25) is 0 Å². The number of rotatable bonds is 4. The summed E-state index contributed by atoms with van der Waals surface area (Å²) in [6, 6.07) is 18.3. The molecule has 1 amide bonds. The maximum absolute atomic E-state index is 13.1. The lowest BCUT2D eigenvalue weighted by Gasteiger charge is -2.28. The van der Waals surface area contributed by atoms with Gasteiger partial charge in [0.2, 0.25) is 0 Å². The molecule has 166 valence electrons. The predicted octanol–water partition coefficient (Wildman–Crippen LogP) is 3.08. The van der Waals surface area contributed by atoms with Crippen LogP contribution in [0.1, 0.15) is 10.4 Å². The van der Waals surface area contributed by atoms with Crippen LogP contribution < -0.4 is 15.8 Å². The Balaban J connectivity index is 1.54. The minimum Gasteiger partial charge on any atom is -0.378 e. The van der Waals surface area contributed by atoms with Gasteiger partial charge in [0.25, 0.3) is 11.5 Å². The number of hydrogen-bond donors (Lipinski definition) is 1. The molecular formula is C25H23N5O3. The number of hydrogen-bond acceptors (Lipinski definition) is 6. The van der Waals surface area contributed by atoms with E-state index in [-0.39, 0.29) is 11.5 Å². The van der Waals surface area contributed by atoms with Crippen LogP contribution in [-0.2, 0) is 11.8 Å². The second kappa shape index (κ2) is 8.84. The number of ether oxygens (including phenoxy) is 1. The zero-order valence-corrected chi connectivity index (χ0v) is 18.2. The van der Waals surface area contributed by atoms with E-state index in [2.05, 4.69) is 15.2 Å². The minimum absolute atomic E-state index is 0.209. The van der Waals surface area contributed by atoms with Crippen LogP contribution in [0.4, 0.5) is 11.5 Å². The van der Waals surface area contributed by atoms with Crippen LogP contribution in [0.3, 0.4) is 0 Å². The van der Waals surface area contributed by atoms with E-state index in [1.54, 1.807) is 49.6 Å². The van der Waals surface area contributed by atoms with Crippen molar-refractivity contribution in [3.05, 3.63) is 82.8 Å². The second-order valence-corrected chi connectivity index (χ2v) is 7.82. The van der Waals surface area contributed by atoms with Gasteiger partial charge >= 0.3 is 0 Å². The van der Waals surface area contributed by atoms with E-state index in [1.165, 1.54) is 4.57 Å². The summed E-state index contributed by atoms with van der Waals surface area (Å²) in [5, 5.41) is 3.16. The molecule has 0 aliphatic carbocycles. The molecule has 0 saturated carbocycles. The third kappa shape index (κ3) is 4.08. The molecule has 8 nitrogen and oxygen atoms in total. The van der Waals surface area contributed by atoms with Gasteiger partial charge in [0.1, 0.15) is 11.6 Å². The molecule has 4 aromatic rings. The first-order chi connectivity index (χ1) is 16.1. The lowest BCUT2D eigenvalue weighted by Crippen LogP contribution is -2.36. The van der Waals surface area contributed by atoms with Crippen LogP contribution in [0.25, 0.3) is 22.3 Å². The summed E-state index contributed by atoms with van der Waals surface area (Å²) >= 11 is 0. The Kier molecular flexibility index (Phi) is 5.58. The van der Waals surface area contributed by atoms with Crippen LogP contribution in [0, 0.1) is 0 Å². The Bertz CT molecular complexity index is 1360. The van der Waals surface area contributed by atoms with Crippen molar-refractivity contribution < 1.29 is 9.53 Å². The molecule has 0 unspecified atom stereocenters. The van der Waals surface area contributed by atoms with Gasteiger partial charge in [0, 0.05) is 37.6 Å². The summed E-state index contributed by atoms with van der Waals surface area (Å²) in [6.07, 6.45) is 1.60. The van der Waals surface area contributed by atoms with Crippen molar-refractivity contribution in [2.24, 2.45) is 7.05 Å². The second-order valence-electron chi connectivity index (χ2n) is 7.82. The smallest absolute Gasteiger partial charge is 0.261 e. The highest BCUT2D eigenvalue weighted by Gasteiger charge is 2.18. The van der Waals surface area contributed by atoms with E-state index in [0.29, 0.717) is 41.3 Å². The van der Waals surface area contributed by atoms with E-state index in [0.717, 1.165) is 24.3 Å². The molecule has 0 bridgehead atoms. The molecule has 2 aromatic carbocycles. The largest absolute Gasteiger partial charge is 0.378 e. The molecule has 0 atom stereocenters. The van der Waals surface area contributed by atoms with Gasteiger partial charge in [-0.2, -0.15) is 0 Å².